The van der Waals surface area contributed by atoms with Crippen molar-refractivity contribution < 1.29 is 18.8 Å². The number of nitrogens with zero attached hydrogens (tertiary/aromatic N) is 2. The molecule has 31 heavy (non-hydrogen) atoms. The molecule has 0 saturated carbocycles. The van der Waals surface area contributed by atoms with Crippen LogP contribution in [-0.4, -0.2) is 37.8 Å². The lowest BCUT2D eigenvalue weighted by Gasteiger charge is -2.27. The molecule has 0 bridgehead atoms. The highest BCUT2D eigenvalue weighted by Gasteiger charge is 2.16. The number of carbonyl (C=O) groups is 1. The van der Waals surface area contributed by atoms with Crippen LogP contribution in [0.4, 0.5) is 5.69 Å². The number of amides is 1. The first-order valence-electron chi connectivity index (χ1n) is 10.2. The standard InChI is InChI=1S/C24H29N3O4/c1-16(27(4)20-9-7-6-8-10-20)14-25-24(28)19-11-12-22(23(13-19)29-5)30-15-21-17(2)26-31-18(21)3/h6-13,16H,14-15H2,1-5H3,(H,25,28). The van der Waals surface area contributed by atoms with E-state index in [1.54, 1.807) is 25.3 Å². The fraction of sp³-hybridized carbons (Fsp3) is 0.333. The summed E-state index contributed by atoms with van der Waals surface area (Å²) >= 11 is 0. The predicted molar refractivity (Wildman–Crippen MR) is 120 cm³/mol. The number of anilines is 1. The SMILES string of the molecule is COc1cc(C(=O)NCC(C)N(C)c2ccccc2)ccc1OCc1c(C)noc1C. The molecular weight excluding hydrogens is 394 g/mol. The maximum absolute atomic E-state index is 12.7. The maximum atomic E-state index is 12.7. The van der Waals surface area contributed by atoms with E-state index in [-0.39, 0.29) is 11.9 Å². The van der Waals surface area contributed by atoms with Crippen LogP contribution in [0.2, 0.25) is 0 Å². The van der Waals surface area contributed by atoms with Gasteiger partial charge in [0, 0.05) is 30.9 Å². The zero-order valence-corrected chi connectivity index (χ0v) is 18.6. The van der Waals surface area contributed by atoms with Gasteiger partial charge in [0.15, 0.2) is 11.5 Å². The molecule has 7 nitrogen and oxygen atoms in total. The van der Waals surface area contributed by atoms with Crippen molar-refractivity contribution in [1.82, 2.24) is 10.5 Å². The number of ether oxygens (including phenoxy) is 2. The zero-order chi connectivity index (χ0) is 22.4. The topological polar surface area (TPSA) is 76.8 Å². The van der Waals surface area contributed by atoms with E-state index in [2.05, 4.69) is 22.3 Å². The minimum atomic E-state index is -0.163. The van der Waals surface area contributed by atoms with Crippen LogP contribution in [0.5, 0.6) is 11.5 Å². The smallest absolute Gasteiger partial charge is 0.251 e. The molecule has 164 valence electrons. The third-order valence-electron chi connectivity index (χ3n) is 5.36. The van der Waals surface area contributed by atoms with Gasteiger partial charge in [0.05, 0.1) is 18.4 Å². The molecule has 1 unspecified atom stereocenters. The largest absolute Gasteiger partial charge is 0.493 e. The number of rotatable bonds is 9. The molecule has 0 spiro atoms. The van der Waals surface area contributed by atoms with E-state index in [9.17, 15) is 4.79 Å². The molecule has 1 amide bonds. The van der Waals surface area contributed by atoms with Crippen LogP contribution < -0.4 is 19.7 Å². The molecule has 2 aromatic carbocycles. The summed E-state index contributed by atoms with van der Waals surface area (Å²) in [6, 6.07) is 15.4. The van der Waals surface area contributed by atoms with Gasteiger partial charge in [0.1, 0.15) is 12.4 Å². The van der Waals surface area contributed by atoms with Crippen molar-refractivity contribution in [3.63, 3.8) is 0 Å². The quantitative estimate of drug-likeness (QED) is 0.558. The molecule has 7 heteroatoms. The van der Waals surface area contributed by atoms with Crippen LogP contribution >= 0.6 is 0 Å². The molecule has 1 N–H and O–H groups in total. The maximum Gasteiger partial charge on any atom is 0.251 e. The lowest BCUT2D eigenvalue weighted by Crippen LogP contribution is -2.40. The highest BCUT2D eigenvalue weighted by atomic mass is 16.5. The molecule has 1 atom stereocenters. The van der Waals surface area contributed by atoms with Gasteiger partial charge in [-0.05, 0) is 51.1 Å². The predicted octanol–water partition coefficient (Wildman–Crippen LogP) is 4.13. The number of hydrogen-bond acceptors (Lipinski definition) is 6. The molecule has 0 saturated heterocycles. The van der Waals surface area contributed by atoms with Crippen LogP contribution in [-0.2, 0) is 6.61 Å². The van der Waals surface area contributed by atoms with E-state index in [0.717, 1.165) is 22.7 Å². The Morgan fingerprint density at radius 1 is 1.16 bits per heavy atom. The molecular formula is C24H29N3O4. The molecule has 0 aliphatic carbocycles. The number of aryl methyl sites for hydroxylation is 2. The number of hydrogen-bond donors (Lipinski definition) is 1. The average molecular weight is 424 g/mol. The van der Waals surface area contributed by atoms with E-state index in [0.29, 0.717) is 30.2 Å². The Hall–Kier alpha value is -3.48. The minimum absolute atomic E-state index is 0.130. The molecule has 3 rings (SSSR count). The van der Waals surface area contributed by atoms with Crippen molar-refractivity contribution in [3.8, 4) is 11.5 Å². The zero-order valence-electron chi connectivity index (χ0n) is 18.6. The molecule has 0 fully saturated rings. The van der Waals surface area contributed by atoms with E-state index >= 15 is 0 Å². The van der Waals surface area contributed by atoms with Crippen LogP contribution in [0.3, 0.4) is 0 Å². The van der Waals surface area contributed by atoms with Crippen LogP contribution in [0.25, 0.3) is 0 Å². The summed E-state index contributed by atoms with van der Waals surface area (Å²) in [6.45, 7) is 6.61. The van der Waals surface area contributed by atoms with Gasteiger partial charge < -0.3 is 24.2 Å². The lowest BCUT2D eigenvalue weighted by molar-refractivity contribution is 0.0951. The van der Waals surface area contributed by atoms with Gasteiger partial charge in [-0.2, -0.15) is 0 Å². The fourth-order valence-corrected chi connectivity index (χ4v) is 3.18. The van der Waals surface area contributed by atoms with Gasteiger partial charge in [-0.3, -0.25) is 4.79 Å². The Labute approximate surface area is 182 Å². The molecule has 0 aliphatic rings. The van der Waals surface area contributed by atoms with Crippen molar-refractivity contribution in [1.29, 1.82) is 0 Å². The first-order valence-corrected chi connectivity index (χ1v) is 10.2. The van der Waals surface area contributed by atoms with E-state index < -0.39 is 0 Å². The van der Waals surface area contributed by atoms with E-state index in [1.165, 1.54) is 0 Å². The molecule has 1 aromatic heterocycles. The first-order chi connectivity index (χ1) is 14.9. The first kappa shape index (κ1) is 22.2. The summed E-state index contributed by atoms with van der Waals surface area (Å²) in [4.78, 5) is 14.8. The summed E-state index contributed by atoms with van der Waals surface area (Å²) in [6.07, 6.45) is 0. The Morgan fingerprint density at radius 2 is 1.90 bits per heavy atom. The van der Waals surface area contributed by atoms with Gasteiger partial charge in [0.2, 0.25) is 0 Å². The van der Waals surface area contributed by atoms with Crippen molar-refractivity contribution >= 4 is 11.6 Å². The summed E-state index contributed by atoms with van der Waals surface area (Å²) in [5.74, 6) is 1.61. The van der Waals surface area contributed by atoms with Crippen LogP contribution in [0, 0.1) is 13.8 Å². The van der Waals surface area contributed by atoms with Gasteiger partial charge >= 0.3 is 0 Å². The average Bonchev–Trinajstić information content (AvgIpc) is 3.12. The van der Waals surface area contributed by atoms with Crippen LogP contribution in [0.15, 0.2) is 53.1 Å². The van der Waals surface area contributed by atoms with Crippen molar-refractivity contribution in [2.24, 2.45) is 0 Å². The number of likely N-dealkylation sites (N-methyl/N-ethyl adjacent to an activating group) is 1. The Morgan fingerprint density at radius 3 is 2.55 bits per heavy atom. The number of benzene rings is 2. The second kappa shape index (κ2) is 10.0. The van der Waals surface area contributed by atoms with Crippen molar-refractivity contribution in [2.45, 2.75) is 33.4 Å². The monoisotopic (exact) mass is 423 g/mol. The second-order valence-corrected chi connectivity index (χ2v) is 7.46. The normalized spacial score (nSPS) is 11.6. The summed E-state index contributed by atoms with van der Waals surface area (Å²) in [5, 5.41) is 6.92. The van der Waals surface area contributed by atoms with Crippen molar-refractivity contribution in [2.75, 3.05) is 25.6 Å². The van der Waals surface area contributed by atoms with E-state index in [1.807, 2.05) is 51.2 Å². The number of carbonyl (C=O) groups excluding carboxylic acids is 1. The van der Waals surface area contributed by atoms with Crippen LogP contribution in [0.1, 0.15) is 34.3 Å². The second-order valence-electron chi connectivity index (χ2n) is 7.46. The minimum Gasteiger partial charge on any atom is -0.493 e. The molecule has 3 aromatic rings. The highest BCUT2D eigenvalue weighted by Crippen LogP contribution is 2.29. The number of aromatic nitrogens is 1. The lowest BCUT2D eigenvalue weighted by atomic mass is 10.1. The molecule has 0 aliphatic heterocycles. The summed E-state index contributed by atoms with van der Waals surface area (Å²) in [7, 11) is 3.57. The number of methoxy groups -OCH3 is 1. The number of para-hydroxylation sites is 1. The Balaban J connectivity index is 1.61. The summed E-state index contributed by atoms with van der Waals surface area (Å²) in [5.41, 5.74) is 3.31. The Kier molecular flexibility index (Phi) is 7.18. The summed E-state index contributed by atoms with van der Waals surface area (Å²) < 4.78 is 16.5. The van der Waals surface area contributed by atoms with Gasteiger partial charge in [-0.25, -0.2) is 0 Å². The van der Waals surface area contributed by atoms with Gasteiger partial charge in [-0.1, -0.05) is 23.4 Å². The third kappa shape index (κ3) is 5.36. The Bertz CT molecular complexity index is 997. The third-order valence-corrected chi connectivity index (χ3v) is 5.36. The molecule has 1 heterocycles. The highest BCUT2D eigenvalue weighted by molar-refractivity contribution is 5.94. The van der Waals surface area contributed by atoms with Crippen molar-refractivity contribution in [3.05, 3.63) is 71.1 Å². The van der Waals surface area contributed by atoms with Gasteiger partial charge in [0.25, 0.3) is 5.91 Å². The fourth-order valence-electron chi connectivity index (χ4n) is 3.18. The van der Waals surface area contributed by atoms with E-state index in [4.69, 9.17) is 14.0 Å². The molecule has 0 radical (unpaired) electrons. The van der Waals surface area contributed by atoms with Gasteiger partial charge in [-0.15, -0.1) is 0 Å². The number of nitrogens with one attached hydrogen (secondary N) is 1.